The standard InChI is InChI=1S/C18H15NO3/c1-2-19-12-16(14-10-6-7-11-15(14)17(19)20)18(21)22-13-8-4-3-5-9-13/h3-12H,2H2,1H3. The molecule has 0 radical (unpaired) electrons. The Morgan fingerprint density at radius 1 is 1.00 bits per heavy atom. The predicted molar refractivity (Wildman–Crippen MR) is 85.3 cm³/mol. The summed E-state index contributed by atoms with van der Waals surface area (Å²) in [6, 6.07) is 16.0. The predicted octanol–water partition coefficient (Wildman–Crippen LogP) is 3.24. The van der Waals surface area contributed by atoms with Gasteiger partial charge in [0, 0.05) is 23.5 Å². The lowest BCUT2D eigenvalue weighted by molar-refractivity contribution is 0.0736. The van der Waals surface area contributed by atoms with Crippen LogP contribution in [0.2, 0.25) is 0 Å². The highest BCUT2D eigenvalue weighted by Crippen LogP contribution is 2.18. The number of esters is 1. The van der Waals surface area contributed by atoms with E-state index in [1.165, 1.54) is 4.57 Å². The van der Waals surface area contributed by atoms with Crippen molar-refractivity contribution in [2.75, 3.05) is 0 Å². The minimum Gasteiger partial charge on any atom is -0.423 e. The van der Waals surface area contributed by atoms with E-state index >= 15 is 0 Å². The summed E-state index contributed by atoms with van der Waals surface area (Å²) < 4.78 is 6.91. The molecule has 3 aromatic rings. The first-order valence-electron chi connectivity index (χ1n) is 7.10. The fourth-order valence-electron chi connectivity index (χ4n) is 2.39. The highest BCUT2D eigenvalue weighted by Gasteiger charge is 2.16. The fraction of sp³-hybridized carbons (Fsp3) is 0.111. The van der Waals surface area contributed by atoms with Crippen molar-refractivity contribution < 1.29 is 9.53 Å². The molecule has 0 bridgehead atoms. The van der Waals surface area contributed by atoms with Gasteiger partial charge in [-0.05, 0) is 25.1 Å². The van der Waals surface area contributed by atoms with Gasteiger partial charge in [0.1, 0.15) is 5.75 Å². The lowest BCUT2D eigenvalue weighted by Gasteiger charge is -2.10. The minimum absolute atomic E-state index is 0.102. The topological polar surface area (TPSA) is 48.3 Å². The van der Waals surface area contributed by atoms with Crippen LogP contribution in [0.5, 0.6) is 5.75 Å². The number of carbonyl (C=O) groups is 1. The molecular formula is C18H15NO3. The van der Waals surface area contributed by atoms with Crippen LogP contribution in [0.1, 0.15) is 17.3 Å². The summed E-state index contributed by atoms with van der Waals surface area (Å²) in [6.07, 6.45) is 1.57. The van der Waals surface area contributed by atoms with E-state index in [1.807, 2.05) is 13.0 Å². The average molecular weight is 293 g/mol. The largest absolute Gasteiger partial charge is 0.423 e. The quantitative estimate of drug-likeness (QED) is 0.550. The number of nitrogens with zero attached hydrogens (tertiary/aromatic N) is 1. The van der Waals surface area contributed by atoms with Gasteiger partial charge in [-0.25, -0.2) is 4.79 Å². The molecule has 4 heteroatoms. The van der Waals surface area contributed by atoms with Crippen LogP contribution in [0, 0.1) is 0 Å². The Morgan fingerprint density at radius 3 is 2.32 bits per heavy atom. The van der Waals surface area contributed by atoms with Crippen LogP contribution in [-0.4, -0.2) is 10.5 Å². The van der Waals surface area contributed by atoms with Crippen molar-refractivity contribution in [1.29, 1.82) is 0 Å². The second-order valence-corrected chi connectivity index (χ2v) is 4.88. The smallest absolute Gasteiger partial charge is 0.345 e. The summed E-state index contributed by atoms with van der Waals surface area (Å²) in [5, 5.41) is 1.13. The van der Waals surface area contributed by atoms with E-state index in [0.29, 0.717) is 28.6 Å². The van der Waals surface area contributed by atoms with Gasteiger partial charge in [0.05, 0.1) is 5.56 Å². The van der Waals surface area contributed by atoms with Gasteiger partial charge >= 0.3 is 5.97 Å². The molecule has 2 aromatic carbocycles. The number of benzene rings is 2. The molecule has 0 saturated carbocycles. The third-order valence-electron chi connectivity index (χ3n) is 3.51. The Hall–Kier alpha value is -2.88. The van der Waals surface area contributed by atoms with E-state index in [1.54, 1.807) is 54.7 Å². The maximum absolute atomic E-state index is 12.5. The van der Waals surface area contributed by atoms with Crippen LogP contribution in [-0.2, 0) is 6.54 Å². The first-order chi connectivity index (χ1) is 10.7. The van der Waals surface area contributed by atoms with E-state index in [0.717, 1.165) is 0 Å². The van der Waals surface area contributed by atoms with Crippen LogP contribution < -0.4 is 10.3 Å². The summed E-state index contributed by atoms with van der Waals surface area (Å²) >= 11 is 0. The number of fused-ring (bicyclic) bond motifs is 1. The minimum atomic E-state index is -0.468. The van der Waals surface area contributed by atoms with E-state index in [2.05, 4.69) is 0 Å². The lowest BCUT2D eigenvalue weighted by atomic mass is 10.1. The van der Waals surface area contributed by atoms with Crippen LogP contribution >= 0.6 is 0 Å². The van der Waals surface area contributed by atoms with Gasteiger partial charge in [-0.1, -0.05) is 36.4 Å². The second kappa shape index (κ2) is 5.85. The normalized spacial score (nSPS) is 10.6. The van der Waals surface area contributed by atoms with Gasteiger partial charge in [-0.15, -0.1) is 0 Å². The van der Waals surface area contributed by atoms with Gasteiger partial charge in [0.25, 0.3) is 5.56 Å². The Labute approximate surface area is 127 Å². The second-order valence-electron chi connectivity index (χ2n) is 4.88. The third kappa shape index (κ3) is 2.51. The molecule has 0 aliphatic heterocycles. The zero-order valence-corrected chi connectivity index (χ0v) is 12.2. The Bertz CT molecular complexity index is 882. The van der Waals surface area contributed by atoms with Crippen molar-refractivity contribution in [3.63, 3.8) is 0 Å². The molecule has 3 rings (SSSR count). The van der Waals surface area contributed by atoms with Crippen molar-refractivity contribution in [1.82, 2.24) is 4.57 Å². The van der Waals surface area contributed by atoms with Crippen molar-refractivity contribution >= 4 is 16.7 Å². The number of hydrogen-bond donors (Lipinski definition) is 0. The Morgan fingerprint density at radius 2 is 1.64 bits per heavy atom. The van der Waals surface area contributed by atoms with E-state index < -0.39 is 5.97 Å². The molecular weight excluding hydrogens is 278 g/mol. The van der Waals surface area contributed by atoms with Crippen molar-refractivity contribution in [3.05, 3.63) is 76.7 Å². The van der Waals surface area contributed by atoms with Gasteiger partial charge in [0.15, 0.2) is 0 Å². The molecule has 0 atom stereocenters. The average Bonchev–Trinajstić information content (AvgIpc) is 2.56. The van der Waals surface area contributed by atoms with Crippen molar-refractivity contribution in [3.8, 4) is 5.75 Å². The first-order valence-corrected chi connectivity index (χ1v) is 7.10. The van der Waals surface area contributed by atoms with Gasteiger partial charge in [-0.3, -0.25) is 4.79 Å². The SMILES string of the molecule is CCn1cc(C(=O)Oc2ccccc2)c2ccccc2c1=O. The number of pyridine rings is 1. The van der Waals surface area contributed by atoms with Crippen molar-refractivity contribution in [2.45, 2.75) is 13.5 Å². The Balaban J connectivity index is 2.12. The zero-order valence-electron chi connectivity index (χ0n) is 12.2. The molecule has 0 aliphatic rings. The Kier molecular flexibility index (Phi) is 3.74. The van der Waals surface area contributed by atoms with Gasteiger partial charge < -0.3 is 9.30 Å². The highest BCUT2D eigenvalue weighted by molar-refractivity contribution is 6.04. The molecule has 110 valence electrons. The molecule has 1 aromatic heterocycles. The van der Waals surface area contributed by atoms with E-state index in [9.17, 15) is 9.59 Å². The maximum Gasteiger partial charge on any atom is 0.345 e. The molecule has 0 N–H and O–H groups in total. The summed E-state index contributed by atoms with van der Waals surface area (Å²) in [4.78, 5) is 24.8. The van der Waals surface area contributed by atoms with E-state index in [4.69, 9.17) is 4.74 Å². The molecule has 0 spiro atoms. The molecule has 1 heterocycles. The lowest BCUT2D eigenvalue weighted by Crippen LogP contribution is -2.22. The molecule has 0 fully saturated rings. The number of aromatic nitrogens is 1. The summed E-state index contributed by atoms with van der Waals surface area (Å²) in [6.45, 7) is 2.36. The van der Waals surface area contributed by atoms with Crippen LogP contribution in [0.25, 0.3) is 10.8 Å². The first kappa shape index (κ1) is 14.1. The van der Waals surface area contributed by atoms with Crippen LogP contribution in [0.15, 0.2) is 65.6 Å². The zero-order chi connectivity index (χ0) is 15.5. The number of carbonyl (C=O) groups excluding carboxylic acids is 1. The molecule has 22 heavy (non-hydrogen) atoms. The highest BCUT2D eigenvalue weighted by atomic mass is 16.5. The number of ether oxygens (including phenoxy) is 1. The molecule has 0 unspecified atom stereocenters. The van der Waals surface area contributed by atoms with Crippen LogP contribution in [0.4, 0.5) is 0 Å². The number of para-hydroxylation sites is 1. The van der Waals surface area contributed by atoms with Crippen molar-refractivity contribution in [2.24, 2.45) is 0 Å². The number of hydrogen-bond acceptors (Lipinski definition) is 3. The maximum atomic E-state index is 12.5. The molecule has 4 nitrogen and oxygen atoms in total. The monoisotopic (exact) mass is 293 g/mol. The fourth-order valence-corrected chi connectivity index (χ4v) is 2.39. The number of aryl methyl sites for hydroxylation is 1. The molecule has 0 amide bonds. The third-order valence-corrected chi connectivity index (χ3v) is 3.51. The van der Waals surface area contributed by atoms with E-state index in [-0.39, 0.29) is 5.56 Å². The number of rotatable bonds is 3. The van der Waals surface area contributed by atoms with Crippen LogP contribution in [0.3, 0.4) is 0 Å². The van der Waals surface area contributed by atoms with Gasteiger partial charge in [0.2, 0.25) is 0 Å². The molecule has 0 saturated heterocycles. The molecule has 0 aliphatic carbocycles. The summed E-state index contributed by atoms with van der Waals surface area (Å²) in [5.74, 6) is 0.00966. The summed E-state index contributed by atoms with van der Waals surface area (Å²) in [5.41, 5.74) is 0.287. The summed E-state index contributed by atoms with van der Waals surface area (Å²) in [7, 11) is 0. The van der Waals surface area contributed by atoms with Gasteiger partial charge in [-0.2, -0.15) is 0 Å².